The molecule has 2 unspecified atom stereocenters. The summed E-state index contributed by atoms with van der Waals surface area (Å²) in [5.74, 6) is -0.00367. The van der Waals surface area contributed by atoms with E-state index in [9.17, 15) is 19.8 Å². The first-order chi connectivity index (χ1) is 48.0. The van der Waals surface area contributed by atoms with Crippen molar-refractivity contribution in [1.29, 1.82) is 0 Å². The van der Waals surface area contributed by atoms with Crippen LogP contribution in [0.4, 0.5) is 0 Å². The van der Waals surface area contributed by atoms with Crippen molar-refractivity contribution in [1.82, 2.24) is 5.32 Å². The zero-order valence-corrected chi connectivity index (χ0v) is 66.4. The first-order valence-electron chi connectivity index (χ1n) is 45.1. The second-order valence-corrected chi connectivity index (χ2v) is 31.3. The van der Waals surface area contributed by atoms with E-state index in [1.54, 1.807) is 0 Å². The topological polar surface area (TPSA) is 95.9 Å². The zero-order chi connectivity index (χ0) is 69.8. The third-order valence-corrected chi connectivity index (χ3v) is 21.5. The molecule has 0 fully saturated rings. The quantitative estimate of drug-likeness (QED) is 0.0320. The van der Waals surface area contributed by atoms with Crippen molar-refractivity contribution in [2.45, 2.75) is 533 Å². The summed E-state index contributed by atoms with van der Waals surface area (Å²) in [7, 11) is 0. The summed E-state index contributed by atoms with van der Waals surface area (Å²) in [6.07, 6.45) is 113. The highest BCUT2D eigenvalue weighted by molar-refractivity contribution is 5.76. The van der Waals surface area contributed by atoms with E-state index in [-0.39, 0.29) is 18.5 Å². The van der Waals surface area contributed by atoms with Crippen LogP contribution in [0.25, 0.3) is 0 Å². The Morgan fingerprint density at radius 1 is 0.278 bits per heavy atom. The van der Waals surface area contributed by atoms with Gasteiger partial charge in [-0.15, -0.1) is 0 Å². The van der Waals surface area contributed by atoms with Gasteiger partial charge in [-0.1, -0.05) is 456 Å². The fourth-order valence-corrected chi connectivity index (χ4v) is 14.6. The molecule has 0 rings (SSSR count). The lowest BCUT2D eigenvalue weighted by atomic mass is 10.0. The predicted molar refractivity (Wildman–Crippen MR) is 430 cm³/mol. The van der Waals surface area contributed by atoms with Gasteiger partial charge in [-0.2, -0.15) is 0 Å². The van der Waals surface area contributed by atoms with Gasteiger partial charge in [-0.3, -0.25) is 9.59 Å². The van der Waals surface area contributed by atoms with Crippen molar-refractivity contribution in [2.75, 3.05) is 13.2 Å². The number of ether oxygens (including phenoxy) is 1. The molecule has 1 amide bonds. The van der Waals surface area contributed by atoms with Crippen LogP contribution in [0.2, 0.25) is 0 Å². The molecule has 6 nitrogen and oxygen atoms in total. The van der Waals surface area contributed by atoms with E-state index in [0.29, 0.717) is 25.9 Å². The van der Waals surface area contributed by atoms with Gasteiger partial charge < -0.3 is 20.3 Å². The summed E-state index contributed by atoms with van der Waals surface area (Å²) in [6, 6.07) is -0.539. The minimum absolute atomic E-state index is 0.0204. The molecule has 0 aromatic carbocycles. The van der Waals surface area contributed by atoms with Crippen LogP contribution in [0.5, 0.6) is 0 Å². The van der Waals surface area contributed by atoms with E-state index >= 15 is 0 Å². The Morgan fingerprint density at radius 2 is 0.485 bits per heavy atom. The SMILES string of the molecule is CCCCCCCC/C=C\CCCCCCCCCC(=O)OCCCCCCCCCCCCCCCCCCCC/C=C\CCCCCCCCCCCCCCCCCCCC(=O)NC(CO)C(O)CCCCCCCCCCCCCCCCCCCCCCCCCC. The number of hydrogen-bond donors (Lipinski definition) is 3. The van der Waals surface area contributed by atoms with Gasteiger partial charge in [0.2, 0.25) is 5.91 Å². The molecule has 0 aliphatic heterocycles. The molecule has 0 bridgehead atoms. The maximum Gasteiger partial charge on any atom is 0.305 e. The van der Waals surface area contributed by atoms with Crippen LogP contribution in [0.1, 0.15) is 521 Å². The first-order valence-corrected chi connectivity index (χ1v) is 45.1. The van der Waals surface area contributed by atoms with Gasteiger partial charge in [0.05, 0.1) is 25.4 Å². The fraction of sp³-hybridized carbons (Fsp3) is 0.934. The van der Waals surface area contributed by atoms with Crippen molar-refractivity contribution >= 4 is 11.9 Å². The van der Waals surface area contributed by atoms with Gasteiger partial charge >= 0.3 is 5.97 Å². The Labute approximate surface area is 609 Å². The van der Waals surface area contributed by atoms with Crippen molar-refractivity contribution in [2.24, 2.45) is 0 Å². The van der Waals surface area contributed by atoms with Crippen LogP contribution >= 0.6 is 0 Å². The highest BCUT2D eigenvalue weighted by atomic mass is 16.5. The van der Waals surface area contributed by atoms with E-state index in [2.05, 4.69) is 43.5 Å². The Hall–Kier alpha value is -1.66. The van der Waals surface area contributed by atoms with Crippen LogP contribution in [0.3, 0.4) is 0 Å². The molecule has 0 aliphatic rings. The monoisotopic (exact) mass is 1360 g/mol. The number of nitrogens with one attached hydrogen (secondary N) is 1. The maximum absolute atomic E-state index is 12.6. The van der Waals surface area contributed by atoms with Crippen LogP contribution in [-0.2, 0) is 14.3 Å². The fourth-order valence-electron chi connectivity index (χ4n) is 14.6. The molecule has 0 aromatic heterocycles. The number of rotatable bonds is 86. The molecular formula is C91H177NO5. The Balaban J connectivity index is 3.32. The highest BCUT2D eigenvalue weighted by Gasteiger charge is 2.20. The number of amides is 1. The van der Waals surface area contributed by atoms with Gasteiger partial charge in [-0.25, -0.2) is 0 Å². The second-order valence-electron chi connectivity index (χ2n) is 31.3. The third-order valence-electron chi connectivity index (χ3n) is 21.5. The molecule has 0 heterocycles. The number of carbonyl (C=O) groups is 2. The number of carbonyl (C=O) groups excluding carboxylic acids is 2. The molecule has 576 valence electrons. The molecule has 0 aromatic rings. The molecule has 2 atom stereocenters. The van der Waals surface area contributed by atoms with Crippen molar-refractivity contribution < 1.29 is 24.5 Å². The number of aliphatic hydroxyl groups is 2. The zero-order valence-electron chi connectivity index (χ0n) is 66.4. The molecule has 97 heavy (non-hydrogen) atoms. The lowest BCUT2D eigenvalue weighted by Gasteiger charge is -2.22. The largest absolute Gasteiger partial charge is 0.466 e. The molecular weight excluding hydrogens is 1190 g/mol. The van der Waals surface area contributed by atoms with Crippen molar-refractivity contribution in [3.8, 4) is 0 Å². The predicted octanol–water partition coefficient (Wildman–Crippen LogP) is 30.3. The smallest absolute Gasteiger partial charge is 0.305 e. The summed E-state index contributed by atoms with van der Waals surface area (Å²) in [5.41, 5.74) is 0. The van der Waals surface area contributed by atoms with Crippen molar-refractivity contribution in [3.63, 3.8) is 0 Å². The number of hydrogen-bond acceptors (Lipinski definition) is 5. The minimum Gasteiger partial charge on any atom is -0.466 e. The Bertz CT molecular complexity index is 1530. The molecule has 3 N–H and O–H groups in total. The number of aliphatic hydroxyl groups excluding tert-OH is 2. The van der Waals surface area contributed by atoms with Crippen LogP contribution in [0, 0.1) is 0 Å². The lowest BCUT2D eigenvalue weighted by molar-refractivity contribution is -0.143. The average Bonchev–Trinajstić information content (AvgIpc) is 2.53. The van der Waals surface area contributed by atoms with Gasteiger partial charge in [-0.05, 0) is 77.0 Å². The van der Waals surface area contributed by atoms with E-state index in [0.717, 1.165) is 38.5 Å². The molecule has 0 spiro atoms. The molecule has 0 saturated heterocycles. The second kappa shape index (κ2) is 86.7. The lowest BCUT2D eigenvalue weighted by Crippen LogP contribution is -2.45. The molecule has 0 saturated carbocycles. The molecule has 6 heteroatoms. The minimum atomic E-state index is -0.663. The van der Waals surface area contributed by atoms with E-state index < -0.39 is 12.1 Å². The molecule has 0 aliphatic carbocycles. The number of unbranched alkanes of at least 4 members (excludes halogenated alkanes) is 71. The summed E-state index contributed by atoms with van der Waals surface area (Å²) < 4.78 is 5.52. The standard InChI is InChI=1S/C91H177NO5/c1-3-5-7-9-11-13-15-17-19-21-22-23-24-42-45-48-52-55-59-63-67-71-75-79-83-89(94)88(87-93)92-90(95)84-80-76-72-68-64-60-56-53-49-46-43-40-38-36-34-32-30-28-26-25-27-29-31-33-35-37-39-41-44-47-50-54-58-62-66-70-74-78-82-86-97-91(96)85-81-77-73-69-65-61-57-51-20-18-16-14-12-10-8-6-4-2/h18,20,25-26,88-89,93-94H,3-17,19,21-24,27-87H2,1-2H3,(H,92,95)/b20-18-,26-25-. The summed E-state index contributed by atoms with van der Waals surface area (Å²) in [6.45, 7) is 5.01. The van der Waals surface area contributed by atoms with E-state index in [4.69, 9.17) is 4.74 Å². The van der Waals surface area contributed by atoms with Crippen LogP contribution in [0.15, 0.2) is 24.3 Å². The maximum atomic E-state index is 12.6. The Kier molecular flexibility index (Phi) is 85.3. The van der Waals surface area contributed by atoms with Gasteiger partial charge in [0.1, 0.15) is 0 Å². The normalized spacial score (nSPS) is 12.5. The van der Waals surface area contributed by atoms with Crippen LogP contribution in [-0.4, -0.2) is 47.4 Å². The van der Waals surface area contributed by atoms with E-state index in [1.165, 1.54) is 449 Å². The van der Waals surface area contributed by atoms with Crippen molar-refractivity contribution in [3.05, 3.63) is 24.3 Å². The highest BCUT2D eigenvalue weighted by Crippen LogP contribution is 2.21. The van der Waals surface area contributed by atoms with Gasteiger partial charge in [0.25, 0.3) is 0 Å². The third kappa shape index (κ3) is 83.2. The molecule has 0 radical (unpaired) electrons. The number of esters is 1. The van der Waals surface area contributed by atoms with Crippen LogP contribution < -0.4 is 5.32 Å². The van der Waals surface area contributed by atoms with E-state index in [1.807, 2.05) is 0 Å². The average molecular weight is 1370 g/mol. The van der Waals surface area contributed by atoms with Gasteiger partial charge in [0.15, 0.2) is 0 Å². The summed E-state index contributed by atoms with van der Waals surface area (Å²) in [4.78, 5) is 24.7. The summed E-state index contributed by atoms with van der Waals surface area (Å²) >= 11 is 0. The van der Waals surface area contributed by atoms with Gasteiger partial charge in [0, 0.05) is 12.8 Å². The number of allylic oxidation sites excluding steroid dienone is 4. The first kappa shape index (κ1) is 95.3. The summed E-state index contributed by atoms with van der Waals surface area (Å²) in [5, 5.41) is 23.5. The Morgan fingerprint density at radius 3 is 0.732 bits per heavy atom.